The van der Waals surface area contributed by atoms with Gasteiger partial charge >= 0.3 is 0 Å². The summed E-state index contributed by atoms with van der Waals surface area (Å²) in [6, 6.07) is 14.2. The van der Waals surface area contributed by atoms with Gasteiger partial charge in [-0.1, -0.05) is 6.07 Å². The molecule has 2 amide bonds. The molecule has 11 heteroatoms. The number of aliphatic hydroxyl groups excluding tert-OH is 1. The van der Waals surface area contributed by atoms with Gasteiger partial charge in [0.25, 0.3) is 11.8 Å². The number of hydrogen-bond acceptors (Lipinski definition) is 9. The molecule has 194 valence electrons. The molecule has 0 bridgehead atoms. The van der Waals surface area contributed by atoms with Gasteiger partial charge in [-0.3, -0.25) is 9.59 Å². The van der Waals surface area contributed by atoms with E-state index >= 15 is 0 Å². The van der Waals surface area contributed by atoms with Gasteiger partial charge in [0.2, 0.25) is 0 Å². The Bertz CT molecular complexity index is 1290. The van der Waals surface area contributed by atoms with Gasteiger partial charge in [-0.25, -0.2) is 4.98 Å². The van der Waals surface area contributed by atoms with Crippen molar-refractivity contribution in [3.63, 3.8) is 0 Å². The molecule has 3 aromatic rings. The maximum Gasteiger partial charge on any atom is 0.259 e. The number of amides is 2. The van der Waals surface area contributed by atoms with Crippen molar-refractivity contribution in [2.45, 2.75) is 12.2 Å². The average molecular weight is 508 g/mol. The zero-order valence-corrected chi connectivity index (χ0v) is 20.4. The number of nitrogens with one attached hydrogen (secondary N) is 1. The summed E-state index contributed by atoms with van der Waals surface area (Å²) in [5, 5.41) is 14.9. The second-order valence-electron chi connectivity index (χ2n) is 8.53. The number of likely N-dealkylation sites (N-methyl/N-ethyl adjacent to an activating group) is 1. The molecule has 11 nitrogen and oxygen atoms in total. The van der Waals surface area contributed by atoms with Crippen LogP contribution in [0.4, 0.5) is 22.9 Å². The number of aromatic nitrogens is 1. The predicted octanol–water partition coefficient (Wildman–Crippen LogP) is 1.20. The van der Waals surface area contributed by atoms with E-state index in [-0.39, 0.29) is 19.8 Å². The molecule has 2 heterocycles. The highest BCUT2D eigenvalue weighted by molar-refractivity contribution is 6.04. The summed E-state index contributed by atoms with van der Waals surface area (Å²) in [5.74, 6) is -0.899. The number of ether oxygens (including phenoxy) is 2. The summed E-state index contributed by atoms with van der Waals surface area (Å²) in [4.78, 5) is 43.9. The van der Waals surface area contributed by atoms with Crippen LogP contribution in [-0.2, 0) is 23.9 Å². The highest BCUT2D eigenvalue weighted by Crippen LogP contribution is 2.26. The Kier molecular flexibility index (Phi) is 8.29. The highest BCUT2D eigenvalue weighted by atomic mass is 16.5. The lowest BCUT2D eigenvalue weighted by Gasteiger charge is -2.34. The number of carbonyl (C=O) groups excluding carboxylic acids is 3. The normalized spacial score (nSPS) is 16.4. The fourth-order valence-corrected chi connectivity index (χ4v) is 4.08. The Labute approximate surface area is 213 Å². The minimum Gasteiger partial charge on any atom is -0.383 e. The first kappa shape index (κ1) is 26.0. The maximum absolute atomic E-state index is 13.2. The Balaban J connectivity index is 1.43. The van der Waals surface area contributed by atoms with Gasteiger partial charge in [0.05, 0.1) is 13.2 Å². The second-order valence-corrected chi connectivity index (χ2v) is 8.53. The van der Waals surface area contributed by atoms with Crippen LogP contribution in [0.15, 0.2) is 54.7 Å². The number of aliphatic hydroxyl groups is 1. The number of pyridine rings is 1. The molecule has 2 atom stereocenters. The zero-order chi connectivity index (χ0) is 26.4. The van der Waals surface area contributed by atoms with Crippen molar-refractivity contribution >= 4 is 51.8 Å². The summed E-state index contributed by atoms with van der Waals surface area (Å²) < 4.78 is 10.7. The average Bonchev–Trinajstić information content (AvgIpc) is 2.91. The number of benzene rings is 2. The lowest BCUT2D eigenvalue weighted by atomic mass is 10.1. The van der Waals surface area contributed by atoms with E-state index in [1.807, 2.05) is 30.1 Å². The lowest BCUT2D eigenvalue weighted by molar-refractivity contribution is -0.150. The number of fused-ring (bicyclic) bond motifs is 1. The molecule has 0 saturated carbocycles. The second kappa shape index (κ2) is 11.8. The smallest absolute Gasteiger partial charge is 0.259 e. The van der Waals surface area contributed by atoms with Crippen molar-refractivity contribution in [3.05, 3.63) is 54.7 Å². The van der Waals surface area contributed by atoms with E-state index in [0.29, 0.717) is 36.6 Å². The first-order chi connectivity index (χ1) is 17.9. The van der Waals surface area contributed by atoms with E-state index in [2.05, 4.69) is 10.3 Å². The topological polar surface area (TPSA) is 147 Å². The lowest BCUT2D eigenvalue weighted by Crippen LogP contribution is -2.55. The molecule has 37 heavy (non-hydrogen) atoms. The van der Waals surface area contributed by atoms with E-state index in [0.717, 1.165) is 16.5 Å². The van der Waals surface area contributed by atoms with Crippen molar-refractivity contribution in [3.8, 4) is 0 Å². The van der Waals surface area contributed by atoms with Crippen LogP contribution >= 0.6 is 0 Å². The molecule has 1 saturated heterocycles. The van der Waals surface area contributed by atoms with Crippen LogP contribution in [0, 0.1) is 0 Å². The fraction of sp³-hybridized carbons (Fsp3) is 0.308. The molecule has 2 aromatic carbocycles. The van der Waals surface area contributed by atoms with E-state index in [9.17, 15) is 19.5 Å². The fourth-order valence-electron chi connectivity index (χ4n) is 4.08. The molecular weight excluding hydrogens is 478 g/mol. The summed E-state index contributed by atoms with van der Waals surface area (Å²) >= 11 is 0. The third kappa shape index (κ3) is 6.02. The van der Waals surface area contributed by atoms with Crippen LogP contribution in [0.5, 0.6) is 0 Å². The van der Waals surface area contributed by atoms with Crippen molar-refractivity contribution < 1.29 is 29.0 Å². The molecule has 4 N–H and O–H groups in total. The third-order valence-electron chi connectivity index (χ3n) is 6.08. The number of morpholine rings is 1. The van der Waals surface area contributed by atoms with Crippen molar-refractivity contribution in [1.29, 1.82) is 0 Å². The van der Waals surface area contributed by atoms with Crippen molar-refractivity contribution in [2.24, 2.45) is 0 Å². The van der Waals surface area contributed by atoms with Gasteiger partial charge in [-0.05, 0) is 47.9 Å². The number of nitrogens with zero attached hydrogens (tertiary/aromatic N) is 3. The Morgan fingerprint density at radius 2 is 2.19 bits per heavy atom. The molecule has 0 spiro atoms. The van der Waals surface area contributed by atoms with Gasteiger partial charge in [0.1, 0.15) is 18.7 Å². The molecule has 1 fully saturated rings. The number of carbonyl (C=O) groups is 3. The largest absolute Gasteiger partial charge is 0.383 e. The number of anilines is 4. The summed E-state index contributed by atoms with van der Waals surface area (Å²) in [7, 11) is 1.87. The number of nitrogen functional groups attached to an aromatic ring is 1. The molecule has 1 aliphatic heterocycles. The molecule has 2 unspecified atom stereocenters. The van der Waals surface area contributed by atoms with Gasteiger partial charge in [-0.15, -0.1) is 0 Å². The minimum absolute atomic E-state index is 0.0421. The van der Waals surface area contributed by atoms with E-state index in [4.69, 9.17) is 15.2 Å². The molecule has 0 aliphatic carbocycles. The zero-order valence-electron chi connectivity index (χ0n) is 20.4. The first-order valence-corrected chi connectivity index (χ1v) is 11.8. The molecule has 1 aliphatic rings. The number of aldehydes is 1. The summed E-state index contributed by atoms with van der Waals surface area (Å²) in [6.45, 7) is 1.40. The molecule has 0 radical (unpaired) electrons. The summed E-state index contributed by atoms with van der Waals surface area (Å²) in [5.41, 5.74) is 7.77. The standard InChI is InChI=1S/C26H29N5O6/c1-30(9-12-36-14-11-32)19-3-2-4-20(16-19)31-10-13-37-23(26(31)35)22(33)25(34)29-18-5-6-21-17(15-18)7-8-28-24(21)27/h2-8,11,15-16,22-23,33H,9-10,12-14H2,1H3,(H2,27,28)(H,29,34). The monoisotopic (exact) mass is 507 g/mol. The van der Waals surface area contributed by atoms with E-state index in [1.54, 1.807) is 36.5 Å². The van der Waals surface area contributed by atoms with Crippen LogP contribution < -0.4 is 20.9 Å². The van der Waals surface area contributed by atoms with Crippen LogP contribution in [0.3, 0.4) is 0 Å². The van der Waals surface area contributed by atoms with Crippen molar-refractivity contribution in [1.82, 2.24) is 4.98 Å². The minimum atomic E-state index is -1.71. The molecule has 1 aromatic heterocycles. The Hall–Kier alpha value is -4.06. The Morgan fingerprint density at radius 3 is 3.00 bits per heavy atom. The predicted molar refractivity (Wildman–Crippen MR) is 139 cm³/mol. The first-order valence-electron chi connectivity index (χ1n) is 11.8. The molecule has 4 rings (SSSR count). The maximum atomic E-state index is 13.2. The number of nitrogens with two attached hydrogens (primary N) is 1. The van der Waals surface area contributed by atoms with E-state index < -0.39 is 24.0 Å². The SMILES string of the molecule is CN(CCOCC=O)c1cccc(N2CCOC(C(O)C(=O)Nc3ccc4c(N)nccc4c3)C2=O)c1. The third-order valence-corrected chi connectivity index (χ3v) is 6.08. The van der Waals surface area contributed by atoms with Crippen LogP contribution in [0.2, 0.25) is 0 Å². The van der Waals surface area contributed by atoms with Crippen molar-refractivity contribution in [2.75, 3.05) is 60.8 Å². The van der Waals surface area contributed by atoms with Gasteiger partial charge in [0, 0.05) is 48.8 Å². The Morgan fingerprint density at radius 1 is 1.35 bits per heavy atom. The highest BCUT2D eigenvalue weighted by Gasteiger charge is 2.39. The van der Waals surface area contributed by atoms with Gasteiger partial charge in [0.15, 0.2) is 12.2 Å². The number of rotatable bonds is 10. The molecular formula is C26H29N5O6. The summed E-state index contributed by atoms with van der Waals surface area (Å²) in [6.07, 6.45) is -0.803. The van der Waals surface area contributed by atoms with Gasteiger partial charge in [-0.2, -0.15) is 0 Å². The van der Waals surface area contributed by atoms with Gasteiger partial charge < -0.3 is 40.2 Å². The van der Waals surface area contributed by atoms with Crippen LogP contribution in [-0.4, -0.2) is 80.4 Å². The van der Waals surface area contributed by atoms with E-state index in [1.165, 1.54) is 4.90 Å². The van der Waals surface area contributed by atoms with Crippen LogP contribution in [0.1, 0.15) is 0 Å². The number of hydrogen-bond donors (Lipinski definition) is 3. The van der Waals surface area contributed by atoms with Crippen LogP contribution in [0.25, 0.3) is 10.8 Å². The quantitative estimate of drug-likeness (QED) is 0.272.